The lowest BCUT2D eigenvalue weighted by atomic mass is 10.1. The second-order valence-electron chi connectivity index (χ2n) is 6.95. The number of carbonyl (C=O) groups excluding carboxylic acids is 1. The van der Waals surface area contributed by atoms with Crippen LogP contribution >= 0.6 is 35.0 Å². The topological polar surface area (TPSA) is 95.1 Å². The molecule has 7 nitrogen and oxygen atoms in total. The van der Waals surface area contributed by atoms with Crippen LogP contribution in [0.25, 0.3) is 0 Å². The largest absolute Gasteiger partial charge is 0.497 e. The normalized spacial score (nSPS) is 12.9. The molecule has 31 heavy (non-hydrogen) atoms. The zero-order valence-electron chi connectivity index (χ0n) is 17.3. The Morgan fingerprint density at radius 2 is 1.90 bits per heavy atom. The Hall–Kier alpha value is -2.42. The summed E-state index contributed by atoms with van der Waals surface area (Å²) in [5, 5.41) is 12.3. The van der Waals surface area contributed by atoms with E-state index in [9.17, 15) is 4.79 Å². The van der Waals surface area contributed by atoms with Crippen LogP contribution < -0.4 is 15.9 Å². The first-order valence-electron chi connectivity index (χ1n) is 9.52. The molecule has 1 heterocycles. The standard InChI is InChI=1S/C21H23Cl2N5O2S/c1-12(17-9-6-15(22)11-18(17)23)25-20(29)13(2)31-21-27-26-19(28(21)24)10-14-4-7-16(30-3)8-5-14/h4-9,11-13H,10,24H2,1-3H3,(H,25,29)/t12-,13+/m0/s1. The maximum atomic E-state index is 12.7. The number of rotatable bonds is 8. The van der Waals surface area contributed by atoms with Crippen molar-refractivity contribution in [1.82, 2.24) is 20.2 Å². The van der Waals surface area contributed by atoms with Gasteiger partial charge in [0, 0.05) is 16.5 Å². The lowest BCUT2D eigenvalue weighted by Gasteiger charge is -2.18. The van der Waals surface area contributed by atoms with E-state index < -0.39 is 5.25 Å². The molecule has 0 aliphatic carbocycles. The molecule has 3 aromatic rings. The van der Waals surface area contributed by atoms with Crippen LogP contribution in [0.15, 0.2) is 47.6 Å². The van der Waals surface area contributed by atoms with Crippen molar-refractivity contribution < 1.29 is 9.53 Å². The van der Waals surface area contributed by atoms with E-state index in [-0.39, 0.29) is 11.9 Å². The van der Waals surface area contributed by atoms with Crippen LogP contribution in [0.3, 0.4) is 0 Å². The van der Waals surface area contributed by atoms with Crippen molar-refractivity contribution in [2.75, 3.05) is 13.0 Å². The van der Waals surface area contributed by atoms with Crippen LogP contribution in [0.5, 0.6) is 5.75 Å². The lowest BCUT2D eigenvalue weighted by molar-refractivity contribution is -0.120. The number of nitrogens with zero attached hydrogens (tertiary/aromatic N) is 3. The van der Waals surface area contributed by atoms with E-state index >= 15 is 0 Å². The van der Waals surface area contributed by atoms with Crippen LogP contribution in [0.2, 0.25) is 10.0 Å². The van der Waals surface area contributed by atoms with Crippen LogP contribution in [0, 0.1) is 0 Å². The Balaban J connectivity index is 1.61. The first kappa shape index (κ1) is 23.2. The molecular formula is C21H23Cl2N5O2S. The molecule has 0 spiro atoms. The predicted molar refractivity (Wildman–Crippen MR) is 124 cm³/mol. The molecule has 2 aromatic carbocycles. The Bertz CT molecular complexity index is 1060. The summed E-state index contributed by atoms with van der Waals surface area (Å²) in [6.45, 7) is 3.65. The molecule has 0 bridgehead atoms. The van der Waals surface area contributed by atoms with Crippen molar-refractivity contribution in [1.29, 1.82) is 0 Å². The smallest absolute Gasteiger partial charge is 0.233 e. The average Bonchev–Trinajstić information content (AvgIpc) is 3.07. The van der Waals surface area contributed by atoms with E-state index in [0.717, 1.165) is 16.9 Å². The number of aromatic nitrogens is 3. The van der Waals surface area contributed by atoms with Crippen LogP contribution in [0.1, 0.15) is 36.8 Å². The fraction of sp³-hybridized carbons (Fsp3) is 0.286. The number of ether oxygens (including phenoxy) is 1. The summed E-state index contributed by atoms with van der Waals surface area (Å²) in [5.74, 6) is 7.38. The van der Waals surface area contributed by atoms with Crippen molar-refractivity contribution in [3.05, 3.63) is 69.5 Å². The van der Waals surface area contributed by atoms with Gasteiger partial charge in [-0.05, 0) is 49.2 Å². The summed E-state index contributed by atoms with van der Waals surface area (Å²) < 4.78 is 6.58. The molecule has 0 aliphatic heterocycles. The molecule has 0 radical (unpaired) electrons. The summed E-state index contributed by atoms with van der Waals surface area (Å²) in [4.78, 5) is 12.7. The monoisotopic (exact) mass is 479 g/mol. The van der Waals surface area contributed by atoms with Crippen molar-refractivity contribution in [3.63, 3.8) is 0 Å². The van der Waals surface area contributed by atoms with Gasteiger partial charge >= 0.3 is 0 Å². The number of benzene rings is 2. The third-order valence-electron chi connectivity index (χ3n) is 4.70. The van der Waals surface area contributed by atoms with Gasteiger partial charge in [-0.25, -0.2) is 4.68 Å². The Morgan fingerprint density at radius 3 is 2.55 bits per heavy atom. The first-order chi connectivity index (χ1) is 14.8. The zero-order valence-corrected chi connectivity index (χ0v) is 19.6. The number of hydrogen-bond donors (Lipinski definition) is 2. The maximum absolute atomic E-state index is 12.7. The highest BCUT2D eigenvalue weighted by molar-refractivity contribution is 8.00. The summed E-state index contributed by atoms with van der Waals surface area (Å²) >= 11 is 13.4. The van der Waals surface area contributed by atoms with Crippen LogP contribution in [0.4, 0.5) is 0 Å². The van der Waals surface area contributed by atoms with Gasteiger partial charge in [0.25, 0.3) is 0 Å². The number of amides is 1. The molecule has 1 amide bonds. The van der Waals surface area contributed by atoms with E-state index in [2.05, 4.69) is 15.5 Å². The van der Waals surface area contributed by atoms with Crippen LogP contribution in [-0.4, -0.2) is 33.1 Å². The quantitative estimate of drug-likeness (QED) is 0.370. The minimum atomic E-state index is -0.436. The fourth-order valence-corrected chi connectivity index (χ4v) is 4.28. The number of methoxy groups -OCH3 is 1. The van der Waals surface area contributed by atoms with Crippen molar-refractivity contribution in [3.8, 4) is 5.75 Å². The van der Waals surface area contributed by atoms with Gasteiger partial charge in [0.2, 0.25) is 11.1 Å². The molecule has 0 saturated heterocycles. The van der Waals surface area contributed by atoms with E-state index in [0.29, 0.717) is 27.4 Å². The maximum Gasteiger partial charge on any atom is 0.233 e. The van der Waals surface area contributed by atoms with Crippen molar-refractivity contribution in [2.24, 2.45) is 0 Å². The third kappa shape index (κ3) is 5.84. The molecule has 0 unspecified atom stereocenters. The SMILES string of the molecule is COc1ccc(Cc2nnc(S[C@H](C)C(=O)N[C@@H](C)c3ccc(Cl)cc3Cl)n2N)cc1. The van der Waals surface area contributed by atoms with E-state index in [1.54, 1.807) is 32.2 Å². The Morgan fingerprint density at radius 1 is 1.19 bits per heavy atom. The number of hydrogen-bond acceptors (Lipinski definition) is 6. The molecule has 0 fully saturated rings. The molecule has 3 rings (SSSR count). The van der Waals surface area contributed by atoms with E-state index in [1.165, 1.54) is 16.4 Å². The van der Waals surface area contributed by atoms with Gasteiger partial charge in [-0.15, -0.1) is 10.2 Å². The average molecular weight is 480 g/mol. The summed E-state index contributed by atoms with van der Waals surface area (Å²) in [6, 6.07) is 12.6. The zero-order chi connectivity index (χ0) is 22.5. The summed E-state index contributed by atoms with van der Waals surface area (Å²) in [7, 11) is 1.62. The number of nitrogens with one attached hydrogen (secondary N) is 1. The second-order valence-corrected chi connectivity index (χ2v) is 9.10. The number of thioether (sulfide) groups is 1. The molecule has 164 valence electrons. The first-order valence-corrected chi connectivity index (χ1v) is 11.2. The summed E-state index contributed by atoms with van der Waals surface area (Å²) in [6.07, 6.45) is 0.515. The van der Waals surface area contributed by atoms with Gasteiger partial charge in [0.05, 0.1) is 18.4 Å². The van der Waals surface area contributed by atoms with E-state index in [1.807, 2.05) is 31.2 Å². The molecule has 0 aliphatic rings. The molecule has 0 saturated carbocycles. The highest BCUT2D eigenvalue weighted by atomic mass is 35.5. The number of nitrogens with two attached hydrogens (primary N) is 1. The fourth-order valence-electron chi connectivity index (χ4n) is 2.91. The van der Waals surface area contributed by atoms with Gasteiger partial charge in [0.1, 0.15) is 5.75 Å². The van der Waals surface area contributed by atoms with Crippen LogP contribution in [-0.2, 0) is 11.2 Å². The Kier molecular flexibility index (Phi) is 7.69. The Labute approximate surface area is 195 Å². The highest BCUT2D eigenvalue weighted by Gasteiger charge is 2.22. The summed E-state index contributed by atoms with van der Waals surface area (Å²) in [5.41, 5.74) is 1.82. The van der Waals surface area contributed by atoms with Gasteiger partial charge in [-0.3, -0.25) is 4.79 Å². The third-order valence-corrected chi connectivity index (χ3v) is 6.31. The molecular weight excluding hydrogens is 457 g/mol. The minimum absolute atomic E-state index is 0.164. The van der Waals surface area contributed by atoms with Gasteiger partial charge in [-0.2, -0.15) is 0 Å². The number of halogens is 2. The molecule has 10 heteroatoms. The number of nitrogen functional groups attached to an aromatic ring is 1. The minimum Gasteiger partial charge on any atom is -0.497 e. The highest BCUT2D eigenvalue weighted by Crippen LogP contribution is 2.27. The molecule has 3 N–H and O–H groups in total. The van der Waals surface area contributed by atoms with Gasteiger partial charge in [-0.1, -0.05) is 53.2 Å². The second kappa shape index (κ2) is 10.3. The van der Waals surface area contributed by atoms with Gasteiger partial charge in [0.15, 0.2) is 5.82 Å². The van der Waals surface area contributed by atoms with E-state index in [4.69, 9.17) is 33.8 Å². The molecule has 1 aromatic heterocycles. The number of carbonyl (C=O) groups is 1. The molecule has 2 atom stereocenters. The van der Waals surface area contributed by atoms with Crippen molar-refractivity contribution in [2.45, 2.75) is 36.7 Å². The van der Waals surface area contributed by atoms with Crippen molar-refractivity contribution >= 4 is 40.9 Å². The predicted octanol–water partition coefficient (Wildman–Crippen LogP) is 4.26. The van der Waals surface area contributed by atoms with Gasteiger partial charge < -0.3 is 15.9 Å². The lowest BCUT2D eigenvalue weighted by Crippen LogP contribution is -2.33.